The summed E-state index contributed by atoms with van der Waals surface area (Å²) in [5, 5.41) is 11.6. The van der Waals surface area contributed by atoms with E-state index in [9.17, 15) is 10.1 Å². The second kappa shape index (κ2) is 8.20. The van der Waals surface area contributed by atoms with Gasteiger partial charge in [-0.15, -0.1) is 0 Å². The molecule has 1 aliphatic heterocycles. The summed E-state index contributed by atoms with van der Waals surface area (Å²) in [5.41, 5.74) is 5.81. The normalized spacial score (nSPS) is 15.0. The second-order valence-electron chi connectivity index (χ2n) is 5.94. The van der Waals surface area contributed by atoms with E-state index in [0.717, 1.165) is 25.4 Å². The number of nitro groups is 1. The predicted octanol–water partition coefficient (Wildman–Crippen LogP) is 2.43. The Kier molecular flexibility index (Phi) is 5.75. The van der Waals surface area contributed by atoms with E-state index < -0.39 is 4.92 Å². The van der Waals surface area contributed by atoms with E-state index in [-0.39, 0.29) is 16.5 Å². The van der Waals surface area contributed by atoms with Gasteiger partial charge in [0.25, 0.3) is 0 Å². The van der Waals surface area contributed by atoms with Crippen molar-refractivity contribution in [2.24, 2.45) is 0 Å². The summed E-state index contributed by atoms with van der Waals surface area (Å²) >= 11 is 6.17. The fraction of sp³-hybridized carbons (Fsp3) is 0.353. The summed E-state index contributed by atoms with van der Waals surface area (Å²) in [6.45, 7) is 4.14. The van der Waals surface area contributed by atoms with E-state index in [2.05, 4.69) is 9.88 Å². The van der Waals surface area contributed by atoms with Crippen molar-refractivity contribution in [3.63, 3.8) is 0 Å². The minimum Gasteiger partial charge on any atom is -0.492 e. The van der Waals surface area contributed by atoms with Gasteiger partial charge >= 0.3 is 5.69 Å². The van der Waals surface area contributed by atoms with Crippen molar-refractivity contribution in [2.75, 3.05) is 50.0 Å². The SMILES string of the molecule is Nc1ncc(Cl)c(N2CCN(CCOc3ccccc3)CC2)c1[N+](=O)[O-]. The number of halogens is 1. The Labute approximate surface area is 156 Å². The van der Waals surface area contributed by atoms with Gasteiger partial charge in [0.15, 0.2) is 0 Å². The molecule has 0 spiro atoms. The fourth-order valence-corrected chi connectivity index (χ4v) is 3.23. The van der Waals surface area contributed by atoms with Crippen molar-refractivity contribution >= 4 is 28.8 Å². The molecule has 2 N–H and O–H groups in total. The summed E-state index contributed by atoms with van der Waals surface area (Å²) in [7, 11) is 0. The molecule has 1 aromatic heterocycles. The van der Waals surface area contributed by atoms with Crippen LogP contribution < -0.4 is 15.4 Å². The molecule has 138 valence electrons. The molecule has 3 rings (SSSR count). The van der Waals surface area contributed by atoms with Crippen molar-refractivity contribution in [2.45, 2.75) is 0 Å². The third-order valence-corrected chi connectivity index (χ3v) is 4.58. The highest BCUT2D eigenvalue weighted by Crippen LogP contribution is 2.38. The molecule has 0 amide bonds. The van der Waals surface area contributed by atoms with Gasteiger partial charge in [0, 0.05) is 32.7 Å². The van der Waals surface area contributed by atoms with Crippen molar-refractivity contribution in [3.8, 4) is 5.75 Å². The maximum atomic E-state index is 11.4. The van der Waals surface area contributed by atoms with Crippen LogP contribution in [0, 0.1) is 10.1 Å². The van der Waals surface area contributed by atoms with Crippen LogP contribution in [0.5, 0.6) is 5.75 Å². The van der Waals surface area contributed by atoms with Gasteiger partial charge < -0.3 is 15.4 Å². The number of para-hydroxylation sites is 1. The molecular weight excluding hydrogens is 358 g/mol. The van der Waals surface area contributed by atoms with Crippen LogP contribution in [0.25, 0.3) is 0 Å². The number of hydrogen-bond donors (Lipinski definition) is 1. The Morgan fingerprint density at radius 2 is 1.92 bits per heavy atom. The fourth-order valence-electron chi connectivity index (χ4n) is 2.97. The quantitative estimate of drug-likeness (QED) is 0.609. The molecule has 0 bridgehead atoms. The van der Waals surface area contributed by atoms with Crippen molar-refractivity contribution in [1.29, 1.82) is 0 Å². The number of rotatable bonds is 6. The third-order valence-electron chi connectivity index (χ3n) is 4.30. The number of ether oxygens (including phenoxy) is 1. The second-order valence-corrected chi connectivity index (χ2v) is 6.34. The lowest BCUT2D eigenvalue weighted by Crippen LogP contribution is -2.47. The number of anilines is 2. The van der Waals surface area contributed by atoms with Crippen LogP contribution in [0.15, 0.2) is 36.5 Å². The minimum absolute atomic E-state index is 0.118. The Hall–Kier alpha value is -2.58. The van der Waals surface area contributed by atoms with E-state index in [0.29, 0.717) is 25.4 Å². The molecule has 0 radical (unpaired) electrons. The highest BCUT2D eigenvalue weighted by Gasteiger charge is 2.29. The number of hydrogen-bond acceptors (Lipinski definition) is 7. The van der Waals surface area contributed by atoms with Crippen LogP contribution in [-0.4, -0.2) is 54.1 Å². The van der Waals surface area contributed by atoms with Gasteiger partial charge in [0.05, 0.1) is 16.1 Å². The number of nitrogen functional groups attached to an aromatic ring is 1. The molecular formula is C17H20ClN5O3. The van der Waals surface area contributed by atoms with E-state index >= 15 is 0 Å². The van der Waals surface area contributed by atoms with Crippen LogP contribution in [0.4, 0.5) is 17.2 Å². The zero-order chi connectivity index (χ0) is 18.5. The van der Waals surface area contributed by atoms with E-state index in [1.54, 1.807) is 0 Å². The van der Waals surface area contributed by atoms with Gasteiger partial charge in [0.2, 0.25) is 5.82 Å². The van der Waals surface area contributed by atoms with Crippen LogP contribution in [0.1, 0.15) is 0 Å². The molecule has 0 atom stereocenters. The zero-order valence-corrected chi connectivity index (χ0v) is 14.9. The molecule has 0 saturated carbocycles. The topological polar surface area (TPSA) is 97.8 Å². The zero-order valence-electron chi connectivity index (χ0n) is 14.2. The lowest BCUT2D eigenvalue weighted by Gasteiger charge is -2.36. The lowest BCUT2D eigenvalue weighted by atomic mass is 10.2. The largest absolute Gasteiger partial charge is 0.492 e. The smallest absolute Gasteiger partial charge is 0.335 e. The summed E-state index contributed by atoms with van der Waals surface area (Å²) in [4.78, 5) is 18.8. The van der Waals surface area contributed by atoms with Crippen molar-refractivity contribution < 1.29 is 9.66 Å². The molecule has 1 fully saturated rings. The molecule has 0 unspecified atom stereocenters. The van der Waals surface area contributed by atoms with Crippen LogP contribution in [-0.2, 0) is 0 Å². The highest BCUT2D eigenvalue weighted by atomic mass is 35.5. The molecule has 1 saturated heterocycles. The average molecular weight is 378 g/mol. The highest BCUT2D eigenvalue weighted by molar-refractivity contribution is 6.33. The molecule has 1 aliphatic rings. The predicted molar refractivity (Wildman–Crippen MR) is 101 cm³/mol. The van der Waals surface area contributed by atoms with Crippen LogP contribution >= 0.6 is 11.6 Å². The summed E-state index contributed by atoms with van der Waals surface area (Å²) in [6, 6.07) is 9.67. The summed E-state index contributed by atoms with van der Waals surface area (Å²) < 4.78 is 5.72. The molecule has 9 heteroatoms. The Balaban J connectivity index is 1.57. The number of piperazine rings is 1. The van der Waals surface area contributed by atoms with Gasteiger partial charge in [-0.2, -0.15) is 0 Å². The van der Waals surface area contributed by atoms with Gasteiger partial charge in [-0.1, -0.05) is 29.8 Å². The van der Waals surface area contributed by atoms with E-state index in [4.69, 9.17) is 22.1 Å². The van der Waals surface area contributed by atoms with Crippen LogP contribution in [0.2, 0.25) is 5.02 Å². The standard InChI is InChI=1S/C17H20ClN5O3/c18-14-12-20-17(19)16(23(24)25)15(14)22-8-6-21(7-9-22)10-11-26-13-4-2-1-3-5-13/h1-5,12H,6-11H2,(H2,19,20). The molecule has 26 heavy (non-hydrogen) atoms. The Morgan fingerprint density at radius 3 is 2.58 bits per heavy atom. The molecule has 0 aliphatic carbocycles. The Morgan fingerprint density at radius 1 is 1.23 bits per heavy atom. The van der Waals surface area contributed by atoms with Crippen LogP contribution in [0.3, 0.4) is 0 Å². The number of benzene rings is 1. The van der Waals surface area contributed by atoms with E-state index in [1.807, 2.05) is 35.2 Å². The molecule has 2 heterocycles. The Bertz CT molecular complexity index is 766. The molecule has 1 aromatic carbocycles. The van der Waals surface area contributed by atoms with Gasteiger partial charge in [-0.25, -0.2) is 4.98 Å². The lowest BCUT2D eigenvalue weighted by molar-refractivity contribution is -0.383. The molecule has 2 aromatic rings. The number of nitrogens with two attached hydrogens (primary N) is 1. The third kappa shape index (κ3) is 4.14. The van der Waals surface area contributed by atoms with E-state index in [1.165, 1.54) is 6.20 Å². The summed E-state index contributed by atoms with van der Waals surface area (Å²) in [6.07, 6.45) is 1.36. The minimum atomic E-state index is -0.524. The van der Waals surface area contributed by atoms with Gasteiger partial charge in [0.1, 0.15) is 18.0 Å². The first kappa shape index (κ1) is 18.2. The molecule has 8 nitrogen and oxygen atoms in total. The maximum absolute atomic E-state index is 11.4. The number of aromatic nitrogens is 1. The number of pyridine rings is 1. The monoisotopic (exact) mass is 377 g/mol. The van der Waals surface area contributed by atoms with Crippen molar-refractivity contribution in [3.05, 3.63) is 51.7 Å². The summed E-state index contributed by atoms with van der Waals surface area (Å²) in [5.74, 6) is 0.730. The van der Waals surface area contributed by atoms with Gasteiger partial charge in [-0.05, 0) is 12.1 Å². The first-order valence-electron chi connectivity index (χ1n) is 8.30. The van der Waals surface area contributed by atoms with Gasteiger partial charge in [-0.3, -0.25) is 15.0 Å². The first-order chi connectivity index (χ1) is 12.6. The first-order valence-corrected chi connectivity index (χ1v) is 8.67. The maximum Gasteiger partial charge on any atom is 0.335 e. The van der Waals surface area contributed by atoms with Crippen molar-refractivity contribution in [1.82, 2.24) is 9.88 Å². The average Bonchev–Trinajstić information content (AvgIpc) is 2.65. The number of nitrogens with zero attached hydrogens (tertiary/aromatic N) is 4.